The maximum atomic E-state index is 13.8. The van der Waals surface area contributed by atoms with Crippen molar-refractivity contribution in [3.8, 4) is 5.75 Å². The van der Waals surface area contributed by atoms with Crippen molar-refractivity contribution in [2.45, 2.75) is 31.8 Å². The third-order valence-corrected chi connectivity index (χ3v) is 7.04. The van der Waals surface area contributed by atoms with E-state index in [9.17, 15) is 19.5 Å². The van der Waals surface area contributed by atoms with E-state index < -0.39 is 41.0 Å². The summed E-state index contributed by atoms with van der Waals surface area (Å²) < 4.78 is 6.55. The van der Waals surface area contributed by atoms with E-state index in [1.54, 1.807) is 66.7 Å². The van der Waals surface area contributed by atoms with Crippen LogP contribution in [-0.4, -0.2) is 34.9 Å². The van der Waals surface area contributed by atoms with Gasteiger partial charge in [0.2, 0.25) is 11.8 Å². The minimum atomic E-state index is -1.71. The maximum absolute atomic E-state index is 13.8. The third-order valence-electron chi connectivity index (χ3n) is 6.55. The summed E-state index contributed by atoms with van der Waals surface area (Å²) in [4.78, 5) is 40.9. The van der Waals surface area contributed by atoms with Crippen LogP contribution in [-0.2, 0) is 14.4 Å². The van der Waals surface area contributed by atoms with Crippen LogP contribution >= 0.6 is 15.9 Å². The Morgan fingerprint density at radius 2 is 1.54 bits per heavy atom. The van der Waals surface area contributed by atoms with Crippen LogP contribution in [0.25, 0.3) is 0 Å². The normalized spacial score (nSPS) is 23.2. The number of Topliss-reactive ketones (excluding diaryl/α,β-unsaturated/α-hetero) is 1. The summed E-state index contributed by atoms with van der Waals surface area (Å²) in [6.45, 7) is 3.64. The maximum Gasteiger partial charge on any atom is 0.235 e. The smallest absolute Gasteiger partial charge is 0.235 e. The van der Waals surface area contributed by atoms with Gasteiger partial charge in [-0.05, 0) is 56.3 Å². The van der Waals surface area contributed by atoms with Crippen molar-refractivity contribution in [1.29, 1.82) is 0 Å². The monoisotopic (exact) mass is 564 g/mol. The first-order valence-corrected chi connectivity index (χ1v) is 12.9. The molecule has 0 heterocycles. The molecule has 0 saturated heterocycles. The molecule has 1 saturated carbocycles. The molecule has 1 fully saturated rings. The summed E-state index contributed by atoms with van der Waals surface area (Å²) in [5.74, 6) is -4.41. The van der Waals surface area contributed by atoms with Gasteiger partial charge in [0.05, 0.1) is 18.1 Å². The van der Waals surface area contributed by atoms with Crippen molar-refractivity contribution in [2.24, 2.45) is 11.8 Å². The van der Waals surface area contributed by atoms with Crippen molar-refractivity contribution < 1.29 is 24.2 Å². The van der Waals surface area contributed by atoms with Crippen LogP contribution in [0.1, 0.15) is 31.7 Å². The second kappa shape index (κ2) is 11.3. The van der Waals surface area contributed by atoms with Crippen molar-refractivity contribution >= 4 is 44.9 Å². The third kappa shape index (κ3) is 5.92. The number of hydrogen-bond acceptors (Lipinski definition) is 5. The molecule has 4 atom stereocenters. The number of ketones is 1. The van der Waals surface area contributed by atoms with E-state index in [-0.39, 0.29) is 6.42 Å². The predicted molar refractivity (Wildman–Crippen MR) is 145 cm³/mol. The molecule has 8 heteroatoms. The number of halogens is 1. The highest BCUT2D eigenvalue weighted by atomic mass is 79.9. The summed E-state index contributed by atoms with van der Waals surface area (Å²) in [6.07, 6.45) is -0.346. The molecule has 2 amide bonds. The zero-order valence-electron chi connectivity index (χ0n) is 20.6. The van der Waals surface area contributed by atoms with Crippen LogP contribution < -0.4 is 15.4 Å². The number of nitrogens with one attached hydrogen (secondary N) is 2. The molecule has 3 aromatic carbocycles. The molecule has 0 aromatic heterocycles. The predicted octanol–water partition coefficient (Wildman–Crippen LogP) is 5.17. The minimum absolute atomic E-state index is 0.341. The summed E-state index contributed by atoms with van der Waals surface area (Å²) in [5.41, 5.74) is -0.147. The van der Waals surface area contributed by atoms with E-state index in [1.165, 1.54) is 6.92 Å². The summed E-state index contributed by atoms with van der Waals surface area (Å²) in [6, 6.07) is 23.0. The van der Waals surface area contributed by atoms with Crippen molar-refractivity contribution in [2.75, 3.05) is 17.2 Å². The average Bonchev–Trinajstić information content (AvgIpc) is 2.85. The van der Waals surface area contributed by atoms with Gasteiger partial charge in [0.1, 0.15) is 17.5 Å². The highest BCUT2D eigenvalue weighted by molar-refractivity contribution is 9.10. The van der Waals surface area contributed by atoms with Crippen molar-refractivity contribution in [3.63, 3.8) is 0 Å². The van der Waals surface area contributed by atoms with Gasteiger partial charge < -0.3 is 20.5 Å². The highest BCUT2D eigenvalue weighted by Gasteiger charge is 2.56. The number of benzene rings is 3. The second-order valence-corrected chi connectivity index (χ2v) is 10.2. The molecule has 0 aliphatic heterocycles. The number of amides is 2. The Bertz CT molecular complexity index is 1280. The van der Waals surface area contributed by atoms with Gasteiger partial charge >= 0.3 is 0 Å². The number of rotatable bonds is 7. The fourth-order valence-electron chi connectivity index (χ4n) is 5.02. The van der Waals surface area contributed by atoms with Gasteiger partial charge in [0.25, 0.3) is 0 Å². The zero-order chi connectivity index (χ0) is 26.6. The van der Waals surface area contributed by atoms with Crippen LogP contribution in [0.3, 0.4) is 0 Å². The first-order chi connectivity index (χ1) is 17.7. The van der Waals surface area contributed by atoms with Gasteiger partial charge in [0.15, 0.2) is 0 Å². The van der Waals surface area contributed by atoms with E-state index >= 15 is 0 Å². The molecular weight excluding hydrogens is 536 g/mol. The number of ether oxygens (including phenoxy) is 1. The van der Waals surface area contributed by atoms with Gasteiger partial charge in [-0.1, -0.05) is 52.3 Å². The largest absolute Gasteiger partial charge is 0.494 e. The molecule has 0 radical (unpaired) electrons. The number of para-hydroxylation sites is 2. The lowest BCUT2D eigenvalue weighted by atomic mass is 9.61. The Morgan fingerprint density at radius 3 is 2.11 bits per heavy atom. The topological polar surface area (TPSA) is 105 Å². The Balaban J connectivity index is 1.84. The van der Waals surface area contributed by atoms with Crippen LogP contribution in [0, 0.1) is 11.8 Å². The van der Waals surface area contributed by atoms with E-state index in [0.29, 0.717) is 33.8 Å². The van der Waals surface area contributed by atoms with Gasteiger partial charge in [-0.2, -0.15) is 0 Å². The highest BCUT2D eigenvalue weighted by Crippen LogP contribution is 2.49. The van der Waals surface area contributed by atoms with Crippen LogP contribution in [0.4, 0.5) is 11.4 Å². The molecule has 4 unspecified atom stereocenters. The van der Waals surface area contributed by atoms with Gasteiger partial charge in [-0.15, -0.1) is 0 Å². The van der Waals surface area contributed by atoms with E-state index in [0.717, 1.165) is 0 Å². The molecule has 0 spiro atoms. The van der Waals surface area contributed by atoms with E-state index in [4.69, 9.17) is 4.74 Å². The molecule has 7 nitrogen and oxygen atoms in total. The van der Waals surface area contributed by atoms with Gasteiger partial charge in [-0.3, -0.25) is 14.4 Å². The summed E-state index contributed by atoms with van der Waals surface area (Å²) in [7, 11) is 0. The van der Waals surface area contributed by atoms with Crippen molar-refractivity contribution in [1.82, 2.24) is 0 Å². The van der Waals surface area contributed by atoms with Gasteiger partial charge in [-0.25, -0.2) is 0 Å². The minimum Gasteiger partial charge on any atom is -0.494 e. The Hall–Kier alpha value is -3.49. The van der Waals surface area contributed by atoms with Gasteiger partial charge in [0, 0.05) is 33.7 Å². The SMILES string of the molecule is CCOc1ccc(Br)cc1C1C(C(=O)Nc2ccccc2)C(=O)CC(C)(O)C1C(=O)Nc1ccccc1. The molecular formula is C29H29BrN2O5. The molecule has 3 N–H and O–H groups in total. The average molecular weight is 565 g/mol. The Labute approximate surface area is 224 Å². The lowest BCUT2D eigenvalue weighted by Gasteiger charge is -2.44. The standard InChI is InChI=1S/C29H29BrN2O5/c1-3-37-23-15-14-18(30)16-21(23)24-25(27(34)31-19-10-6-4-7-11-19)22(33)17-29(2,36)26(24)28(35)32-20-12-8-5-9-13-20/h4-16,24-26,36H,3,17H2,1-2H3,(H,31,34)(H,32,35). The number of carbonyl (C=O) groups is 3. The summed E-state index contributed by atoms with van der Waals surface area (Å²) >= 11 is 3.48. The number of carbonyl (C=O) groups excluding carboxylic acids is 3. The molecule has 1 aliphatic carbocycles. The first-order valence-electron chi connectivity index (χ1n) is 12.1. The molecule has 192 valence electrons. The lowest BCUT2D eigenvalue weighted by molar-refractivity contribution is -0.150. The Morgan fingerprint density at radius 1 is 0.973 bits per heavy atom. The molecule has 1 aliphatic rings. The molecule has 37 heavy (non-hydrogen) atoms. The van der Waals surface area contributed by atoms with Crippen molar-refractivity contribution in [3.05, 3.63) is 88.9 Å². The molecule has 0 bridgehead atoms. The molecule has 3 aromatic rings. The fraction of sp³-hybridized carbons (Fsp3) is 0.276. The number of hydrogen-bond donors (Lipinski definition) is 3. The first kappa shape index (κ1) is 26.6. The summed E-state index contributed by atoms with van der Waals surface area (Å²) in [5, 5.41) is 17.2. The Kier molecular flexibility index (Phi) is 8.10. The fourth-order valence-corrected chi connectivity index (χ4v) is 5.39. The van der Waals surface area contributed by atoms with E-state index in [1.807, 2.05) is 19.1 Å². The van der Waals surface area contributed by atoms with Crippen LogP contribution in [0.2, 0.25) is 0 Å². The molecule has 4 rings (SSSR count). The van der Waals surface area contributed by atoms with Crippen LogP contribution in [0.15, 0.2) is 83.3 Å². The number of aliphatic hydroxyl groups is 1. The second-order valence-electron chi connectivity index (χ2n) is 9.31. The van der Waals surface area contributed by atoms with Crippen LogP contribution in [0.5, 0.6) is 5.75 Å². The zero-order valence-corrected chi connectivity index (χ0v) is 22.2. The quantitative estimate of drug-likeness (QED) is 0.343. The lowest BCUT2D eigenvalue weighted by Crippen LogP contribution is -2.56. The van der Waals surface area contributed by atoms with E-state index in [2.05, 4.69) is 26.6 Å². The number of anilines is 2.